The SMILES string of the molecule is CN(C)C1(CCNC(=O)c2cc3ccccc3n(C)c2=O)CCCCC1. The van der Waals surface area contributed by atoms with Crippen molar-refractivity contribution < 1.29 is 4.79 Å². The maximum atomic E-state index is 12.6. The average Bonchev–Trinajstić information content (AvgIpc) is 2.65. The third-order valence-corrected chi connectivity index (χ3v) is 5.99. The summed E-state index contributed by atoms with van der Waals surface area (Å²) in [5, 5.41) is 3.88. The van der Waals surface area contributed by atoms with Gasteiger partial charge in [0, 0.05) is 19.1 Å². The van der Waals surface area contributed by atoms with Gasteiger partial charge in [-0.25, -0.2) is 0 Å². The number of hydrogen-bond donors (Lipinski definition) is 1. The molecule has 0 bridgehead atoms. The summed E-state index contributed by atoms with van der Waals surface area (Å²) in [6.45, 7) is 0.590. The summed E-state index contributed by atoms with van der Waals surface area (Å²) >= 11 is 0. The van der Waals surface area contributed by atoms with Gasteiger partial charge in [0.2, 0.25) is 0 Å². The summed E-state index contributed by atoms with van der Waals surface area (Å²) in [7, 11) is 5.98. The number of benzene rings is 1. The Morgan fingerprint density at radius 2 is 1.88 bits per heavy atom. The highest BCUT2D eigenvalue weighted by molar-refractivity contribution is 5.97. The molecule has 0 atom stereocenters. The molecule has 0 unspecified atom stereocenters. The number of nitrogens with one attached hydrogen (secondary N) is 1. The molecule has 3 rings (SSSR count). The van der Waals surface area contributed by atoms with Gasteiger partial charge in [-0.3, -0.25) is 9.59 Å². The molecule has 1 heterocycles. The Morgan fingerprint density at radius 1 is 1.19 bits per heavy atom. The highest BCUT2D eigenvalue weighted by Gasteiger charge is 2.33. The van der Waals surface area contributed by atoms with Crippen LogP contribution in [0.4, 0.5) is 0 Å². The van der Waals surface area contributed by atoms with Crippen LogP contribution in [0.2, 0.25) is 0 Å². The number of aromatic nitrogens is 1. The first-order valence-corrected chi connectivity index (χ1v) is 9.49. The second-order valence-corrected chi connectivity index (χ2v) is 7.67. The van der Waals surface area contributed by atoms with Gasteiger partial charge < -0.3 is 14.8 Å². The number of carbonyl (C=O) groups is 1. The molecule has 5 heteroatoms. The molecule has 1 aromatic carbocycles. The Hall–Kier alpha value is -2.14. The van der Waals surface area contributed by atoms with Crippen molar-refractivity contribution in [3.8, 4) is 0 Å². The Balaban J connectivity index is 1.73. The Morgan fingerprint density at radius 3 is 2.58 bits per heavy atom. The van der Waals surface area contributed by atoms with Crippen molar-refractivity contribution in [2.75, 3.05) is 20.6 Å². The van der Waals surface area contributed by atoms with Crippen LogP contribution in [0.25, 0.3) is 10.9 Å². The lowest BCUT2D eigenvalue weighted by molar-refractivity contribution is 0.0834. The largest absolute Gasteiger partial charge is 0.352 e. The second-order valence-electron chi connectivity index (χ2n) is 7.67. The Bertz CT molecular complexity index is 848. The van der Waals surface area contributed by atoms with Gasteiger partial charge in [0.25, 0.3) is 11.5 Å². The zero-order valence-electron chi connectivity index (χ0n) is 16.0. The molecule has 1 saturated carbocycles. The van der Waals surface area contributed by atoms with E-state index >= 15 is 0 Å². The van der Waals surface area contributed by atoms with E-state index in [2.05, 4.69) is 24.3 Å². The van der Waals surface area contributed by atoms with Crippen LogP contribution >= 0.6 is 0 Å². The van der Waals surface area contributed by atoms with E-state index in [0.717, 1.165) is 17.3 Å². The van der Waals surface area contributed by atoms with Crippen LogP contribution in [-0.2, 0) is 7.05 Å². The first-order valence-electron chi connectivity index (χ1n) is 9.49. The van der Waals surface area contributed by atoms with E-state index in [-0.39, 0.29) is 22.6 Å². The van der Waals surface area contributed by atoms with Crippen LogP contribution in [0.3, 0.4) is 0 Å². The predicted molar refractivity (Wildman–Crippen MR) is 106 cm³/mol. The number of nitrogens with zero attached hydrogens (tertiary/aromatic N) is 2. The summed E-state index contributed by atoms with van der Waals surface area (Å²) in [6, 6.07) is 9.33. The van der Waals surface area contributed by atoms with E-state index in [1.807, 2.05) is 24.3 Å². The van der Waals surface area contributed by atoms with Gasteiger partial charge in [0.1, 0.15) is 5.56 Å². The predicted octanol–water partition coefficient (Wildman–Crippen LogP) is 2.92. The van der Waals surface area contributed by atoms with E-state index in [1.165, 1.54) is 32.1 Å². The van der Waals surface area contributed by atoms with Gasteiger partial charge in [-0.2, -0.15) is 0 Å². The second kappa shape index (κ2) is 7.62. The molecule has 1 aromatic heterocycles. The lowest BCUT2D eigenvalue weighted by Crippen LogP contribution is -2.48. The number of hydrogen-bond acceptors (Lipinski definition) is 3. The first-order chi connectivity index (χ1) is 12.4. The first kappa shape index (κ1) is 18.6. The zero-order chi connectivity index (χ0) is 18.7. The number of para-hydroxylation sites is 1. The van der Waals surface area contributed by atoms with Crippen molar-refractivity contribution in [1.29, 1.82) is 0 Å². The summed E-state index contributed by atoms with van der Waals surface area (Å²) in [5.41, 5.74) is 0.970. The van der Waals surface area contributed by atoms with Crippen molar-refractivity contribution in [1.82, 2.24) is 14.8 Å². The average molecular weight is 355 g/mol. The van der Waals surface area contributed by atoms with Gasteiger partial charge >= 0.3 is 0 Å². The lowest BCUT2D eigenvalue weighted by Gasteiger charge is -2.43. The van der Waals surface area contributed by atoms with Crippen LogP contribution in [0.15, 0.2) is 35.1 Å². The van der Waals surface area contributed by atoms with Crippen molar-refractivity contribution in [3.05, 3.63) is 46.2 Å². The molecule has 0 saturated heterocycles. The normalized spacial score (nSPS) is 16.8. The molecule has 1 aliphatic rings. The van der Waals surface area contributed by atoms with Gasteiger partial charge in [0.15, 0.2) is 0 Å². The van der Waals surface area contributed by atoms with Crippen LogP contribution in [0.1, 0.15) is 48.9 Å². The fourth-order valence-corrected chi connectivity index (χ4v) is 4.22. The minimum absolute atomic E-state index is 0.167. The maximum Gasteiger partial charge on any atom is 0.263 e. The summed E-state index contributed by atoms with van der Waals surface area (Å²) < 4.78 is 1.55. The number of aryl methyl sites for hydroxylation is 1. The van der Waals surface area contributed by atoms with Gasteiger partial charge in [0.05, 0.1) is 5.52 Å². The molecule has 0 radical (unpaired) electrons. The van der Waals surface area contributed by atoms with E-state index in [4.69, 9.17) is 0 Å². The molecule has 1 amide bonds. The molecule has 1 N–H and O–H groups in total. The van der Waals surface area contributed by atoms with Crippen molar-refractivity contribution in [2.24, 2.45) is 7.05 Å². The van der Waals surface area contributed by atoms with Crippen LogP contribution < -0.4 is 10.9 Å². The molecule has 0 aliphatic heterocycles. The molecule has 140 valence electrons. The molecule has 0 spiro atoms. The van der Waals surface area contributed by atoms with E-state index in [1.54, 1.807) is 17.7 Å². The third kappa shape index (κ3) is 3.54. The monoisotopic (exact) mass is 355 g/mol. The molecule has 1 fully saturated rings. The Kier molecular flexibility index (Phi) is 5.47. The van der Waals surface area contributed by atoms with E-state index < -0.39 is 0 Å². The molecule has 1 aliphatic carbocycles. The smallest absolute Gasteiger partial charge is 0.263 e. The highest BCUT2D eigenvalue weighted by Crippen LogP contribution is 2.34. The van der Waals surface area contributed by atoms with Crippen molar-refractivity contribution in [3.63, 3.8) is 0 Å². The summed E-state index contributed by atoms with van der Waals surface area (Å²) in [6.07, 6.45) is 7.06. The third-order valence-electron chi connectivity index (χ3n) is 5.99. The van der Waals surface area contributed by atoms with E-state index in [9.17, 15) is 9.59 Å². The highest BCUT2D eigenvalue weighted by atomic mass is 16.2. The van der Waals surface area contributed by atoms with Crippen molar-refractivity contribution >= 4 is 16.8 Å². The van der Waals surface area contributed by atoms with Gasteiger partial charge in [-0.15, -0.1) is 0 Å². The Labute approximate surface area is 155 Å². The molecule has 26 heavy (non-hydrogen) atoms. The van der Waals surface area contributed by atoms with Crippen LogP contribution in [0.5, 0.6) is 0 Å². The van der Waals surface area contributed by atoms with Gasteiger partial charge in [-0.1, -0.05) is 37.5 Å². The minimum atomic E-state index is -0.277. The van der Waals surface area contributed by atoms with Crippen LogP contribution in [-0.4, -0.2) is 41.6 Å². The molecule has 2 aromatic rings. The van der Waals surface area contributed by atoms with Crippen molar-refractivity contribution in [2.45, 2.75) is 44.1 Å². The molecular formula is C21H29N3O2. The summed E-state index contributed by atoms with van der Waals surface area (Å²) in [5.74, 6) is -0.277. The number of amides is 1. The zero-order valence-corrected chi connectivity index (χ0v) is 16.0. The standard InChI is InChI=1S/C21H29N3O2/c1-23(2)21(11-7-4-8-12-21)13-14-22-19(25)17-15-16-9-5-6-10-18(16)24(3)20(17)26/h5-6,9-10,15H,4,7-8,11-14H2,1-3H3,(H,22,25). The maximum absolute atomic E-state index is 12.6. The fraction of sp³-hybridized carbons (Fsp3) is 0.524. The van der Waals surface area contributed by atoms with E-state index in [0.29, 0.717) is 6.54 Å². The number of rotatable bonds is 5. The summed E-state index contributed by atoms with van der Waals surface area (Å²) in [4.78, 5) is 27.5. The van der Waals surface area contributed by atoms with Crippen LogP contribution in [0, 0.1) is 0 Å². The number of fused-ring (bicyclic) bond motifs is 1. The van der Waals surface area contributed by atoms with Gasteiger partial charge in [-0.05, 0) is 50.9 Å². The lowest BCUT2D eigenvalue weighted by atomic mass is 9.78. The number of pyridine rings is 1. The number of carbonyl (C=O) groups excluding carboxylic acids is 1. The minimum Gasteiger partial charge on any atom is -0.352 e. The quantitative estimate of drug-likeness (QED) is 0.897. The topological polar surface area (TPSA) is 54.3 Å². The fourth-order valence-electron chi connectivity index (χ4n) is 4.22. The molecule has 5 nitrogen and oxygen atoms in total. The molecular weight excluding hydrogens is 326 g/mol.